The molecule has 4 nitrogen and oxygen atoms in total. The number of benzene rings is 10. The van der Waals surface area contributed by atoms with Gasteiger partial charge in [0.25, 0.3) is 0 Å². The lowest BCUT2D eigenvalue weighted by Crippen LogP contribution is -2.00. The Morgan fingerprint density at radius 2 is 0.578 bits per heavy atom. The molecule has 64 heavy (non-hydrogen) atoms. The highest BCUT2D eigenvalue weighted by Gasteiger charge is 2.33. The zero-order valence-electron chi connectivity index (χ0n) is 34.3. The van der Waals surface area contributed by atoms with Crippen molar-refractivity contribution in [3.63, 3.8) is 0 Å². The lowest BCUT2D eigenvalue weighted by Gasteiger charge is -2.26. The van der Waals surface area contributed by atoms with Gasteiger partial charge in [0.2, 0.25) is 0 Å². The minimum Gasteiger partial charge on any atom is -0.456 e. The Bertz CT molecular complexity index is 4020. The molecular weight excluding hydrogens is 781 g/mol. The van der Waals surface area contributed by atoms with Gasteiger partial charge in [0.1, 0.15) is 22.3 Å². The summed E-state index contributed by atoms with van der Waals surface area (Å²) in [4.78, 5) is 0. The first-order chi connectivity index (χ1) is 31.8. The van der Waals surface area contributed by atoms with Crippen LogP contribution in [-0.2, 0) is 0 Å². The third-order valence-corrected chi connectivity index (χ3v) is 13.9. The first-order valence-electron chi connectivity index (χ1n) is 21.9. The van der Waals surface area contributed by atoms with Crippen molar-refractivity contribution < 1.29 is 8.83 Å². The van der Waals surface area contributed by atoms with E-state index in [0.29, 0.717) is 0 Å². The lowest BCUT2D eigenvalue weighted by molar-refractivity contribution is 0.668. The summed E-state index contributed by atoms with van der Waals surface area (Å²) >= 11 is 0. The van der Waals surface area contributed by atoms with Gasteiger partial charge in [-0.2, -0.15) is 0 Å². The molecule has 0 unspecified atom stereocenters. The van der Waals surface area contributed by atoms with Crippen molar-refractivity contribution in [1.29, 1.82) is 0 Å². The van der Waals surface area contributed by atoms with Crippen LogP contribution in [0.15, 0.2) is 215 Å². The number of aromatic nitrogens is 2. The van der Waals surface area contributed by atoms with Crippen LogP contribution in [0.3, 0.4) is 0 Å². The maximum Gasteiger partial charge on any atom is 0.136 e. The normalized spacial score (nSPS) is 12.4. The monoisotopic (exact) mass is 814 g/mol. The van der Waals surface area contributed by atoms with Gasteiger partial charge in [-0.1, -0.05) is 121 Å². The maximum atomic E-state index is 6.78. The predicted molar refractivity (Wildman–Crippen MR) is 265 cm³/mol. The Morgan fingerprint density at radius 1 is 0.234 bits per heavy atom. The lowest BCUT2D eigenvalue weighted by atomic mass is 9.76. The standard InChI is InChI=1S/C60H34N2O2/c1-3-15-35(16-4-1)61-45-23-11-7-19-41(45)53-47(61)31-27-37-38-28-32-48-54(42-20-8-12-24-46(42)62(48)36-17-5-2-6-18-36)58(38)60-40(30-34-52-56(60)44-22-10-14-26-50(44)64-52)39-29-33-51-55(59(39)57(37)53)43-21-9-13-25-49(43)63-51/h1-34H. The second kappa shape index (κ2) is 12.5. The fourth-order valence-corrected chi connectivity index (χ4v) is 11.4. The zero-order chi connectivity index (χ0) is 41.6. The van der Waals surface area contributed by atoms with E-state index in [2.05, 4.69) is 215 Å². The summed E-state index contributed by atoms with van der Waals surface area (Å²) in [6.45, 7) is 0. The summed E-state index contributed by atoms with van der Waals surface area (Å²) in [6.07, 6.45) is 0. The summed E-state index contributed by atoms with van der Waals surface area (Å²) in [5.74, 6) is 0. The van der Waals surface area contributed by atoms with E-state index in [4.69, 9.17) is 8.83 Å². The van der Waals surface area contributed by atoms with Gasteiger partial charge in [-0.25, -0.2) is 0 Å². The molecule has 0 N–H and O–H groups in total. The predicted octanol–water partition coefficient (Wildman–Crippen LogP) is 16.7. The van der Waals surface area contributed by atoms with Crippen LogP contribution in [0, 0.1) is 0 Å². The van der Waals surface area contributed by atoms with Crippen LogP contribution < -0.4 is 0 Å². The third kappa shape index (κ3) is 4.36. The van der Waals surface area contributed by atoms with Crippen LogP contribution in [0.4, 0.5) is 0 Å². The number of furan rings is 2. The van der Waals surface area contributed by atoms with E-state index in [1.54, 1.807) is 0 Å². The molecule has 0 radical (unpaired) electrons. The second-order valence-corrected chi connectivity index (χ2v) is 17.1. The molecule has 0 atom stereocenters. The van der Waals surface area contributed by atoms with Gasteiger partial charge in [0.05, 0.1) is 22.1 Å². The highest BCUT2D eigenvalue weighted by Crippen LogP contribution is 2.58. The minimum absolute atomic E-state index is 0.869. The van der Waals surface area contributed by atoms with Crippen molar-refractivity contribution in [2.24, 2.45) is 0 Å². The average Bonchev–Trinajstić information content (AvgIpc) is 4.11. The van der Waals surface area contributed by atoms with Crippen molar-refractivity contribution in [3.05, 3.63) is 206 Å². The SMILES string of the molecule is c1ccc(-n2c3ccccc3c3c4c(ccc32)-c2ccc3c(c2-c2c(ccc5oc6ccccc6c25)-c2ccc5oc6ccccc6c5c2-4)c2ccccc2n3-c2ccccc2)cc1. The average molecular weight is 815 g/mol. The fraction of sp³-hybridized carbons (Fsp3) is 0. The molecule has 1 aliphatic rings. The molecule has 0 saturated carbocycles. The molecule has 0 aliphatic heterocycles. The number of rotatable bonds is 2. The van der Waals surface area contributed by atoms with Gasteiger partial charge in [0, 0.05) is 76.7 Å². The molecule has 10 aromatic carbocycles. The smallest absolute Gasteiger partial charge is 0.136 e. The quantitative estimate of drug-likeness (QED) is 0.174. The van der Waals surface area contributed by atoms with Crippen LogP contribution in [0.1, 0.15) is 0 Å². The Labute approximate surface area is 366 Å². The topological polar surface area (TPSA) is 36.1 Å². The summed E-state index contributed by atoms with van der Waals surface area (Å²) in [7, 11) is 0. The fourth-order valence-electron chi connectivity index (χ4n) is 11.4. The van der Waals surface area contributed by atoms with Crippen molar-refractivity contribution in [2.75, 3.05) is 0 Å². The zero-order valence-corrected chi connectivity index (χ0v) is 34.3. The van der Waals surface area contributed by atoms with Crippen molar-refractivity contribution in [2.45, 2.75) is 0 Å². The summed E-state index contributed by atoms with van der Waals surface area (Å²) in [6, 6.07) is 74.9. The Kier molecular flexibility index (Phi) is 6.65. The van der Waals surface area contributed by atoms with E-state index >= 15 is 0 Å². The molecule has 0 fully saturated rings. The summed E-state index contributed by atoms with van der Waals surface area (Å²) in [5.41, 5.74) is 19.8. The molecule has 0 amide bonds. The molecule has 15 rings (SSSR count). The van der Waals surface area contributed by atoms with Crippen molar-refractivity contribution in [3.8, 4) is 55.9 Å². The molecule has 1 aliphatic carbocycles. The van der Waals surface area contributed by atoms with E-state index in [1.165, 1.54) is 66.0 Å². The number of hydrogen-bond donors (Lipinski definition) is 0. The van der Waals surface area contributed by atoms with Gasteiger partial charge < -0.3 is 18.0 Å². The molecule has 0 bridgehead atoms. The molecule has 4 aromatic heterocycles. The first kappa shape index (κ1) is 34.0. The van der Waals surface area contributed by atoms with Crippen LogP contribution in [0.2, 0.25) is 0 Å². The van der Waals surface area contributed by atoms with Gasteiger partial charge >= 0.3 is 0 Å². The van der Waals surface area contributed by atoms with Gasteiger partial charge in [-0.05, 0) is 107 Å². The van der Waals surface area contributed by atoms with Crippen LogP contribution in [-0.4, -0.2) is 9.13 Å². The highest BCUT2D eigenvalue weighted by molar-refractivity contribution is 6.32. The van der Waals surface area contributed by atoms with E-state index in [0.717, 1.165) is 77.4 Å². The molecule has 4 heteroatoms. The minimum atomic E-state index is 0.869. The van der Waals surface area contributed by atoms with Crippen molar-refractivity contribution >= 4 is 87.5 Å². The second-order valence-electron chi connectivity index (χ2n) is 17.1. The molecular formula is C60H34N2O2. The van der Waals surface area contributed by atoms with Gasteiger partial charge in [0.15, 0.2) is 0 Å². The Balaban J connectivity index is 1.24. The molecule has 296 valence electrons. The summed E-state index contributed by atoms with van der Waals surface area (Å²) in [5, 5.41) is 9.27. The molecule has 0 spiro atoms. The van der Waals surface area contributed by atoms with Crippen LogP contribution >= 0.6 is 0 Å². The van der Waals surface area contributed by atoms with E-state index in [-0.39, 0.29) is 0 Å². The van der Waals surface area contributed by atoms with E-state index in [9.17, 15) is 0 Å². The molecule has 0 saturated heterocycles. The largest absolute Gasteiger partial charge is 0.456 e. The number of fused-ring (bicyclic) bond motifs is 24. The van der Waals surface area contributed by atoms with Gasteiger partial charge in [-0.15, -0.1) is 0 Å². The third-order valence-electron chi connectivity index (χ3n) is 13.9. The summed E-state index contributed by atoms with van der Waals surface area (Å²) < 4.78 is 18.4. The highest BCUT2D eigenvalue weighted by atomic mass is 16.3. The van der Waals surface area contributed by atoms with Crippen molar-refractivity contribution in [1.82, 2.24) is 9.13 Å². The number of hydrogen-bond acceptors (Lipinski definition) is 2. The van der Waals surface area contributed by atoms with E-state index in [1.807, 2.05) is 0 Å². The first-order valence-corrected chi connectivity index (χ1v) is 21.9. The number of para-hydroxylation sites is 6. The van der Waals surface area contributed by atoms with Crippen LogP contribution in [0.5, 0.6) is 0 Å². The Morgan fingerprint density at radius 3 is 1.02 bits per heavy atom. The van der Waals surface area contributed by atoms with Crippen LogP contribution in [0.25, 0.3) is 143 Å². The molecule has 4 heterocycles. The maximum absolute atomic E-state index is 6.78. The van der Waals surface area contributed by atoms with E-state index < -0.39 is 0 Å². The Hall–Kier alpha value is -8.60. The number of nitrogens with zero attached hydrogens (tertiary/aromatic N) is 2. The molecule has 14 aromatic rings. The van der Waals surface area contributed by atoms with Gasteiger partial charge in [-0.3, -0.25) is 0 Å².